The van der Waals surface area contributed by atoms with E-state index in [-0.39, 0.29) is 4.90 Å². The number of nitrogens with one attached hydrogen (secondary N) is 1. The maximum Gasteiger partial charge on any atom is 0.262 e. The van der Waals surface area contributed by atoms with Crippen molar-refractivity contribution in [2.45, 2.75) is 18.4 Å². The van der Waals surface area contributed by atoms with Gasteiger partial charge < -0.3 is 5.73 Å². The van der Waals surface area contributed by atoms with Crippen LogP contribution in [-0.2, 0) is 16.6 Å². The summed E-state index contributed by atoms with van der Waals surface area (Å²) in [6.45, 7) is 2.12. The van der Waals surface area contributed by atoms with Gasteiger partial charge in [-0.25, -0.2) is 8.42 Å². The Morgan fingerprint density at radius 2 is 2.16 bits per heavy atom. The van der Waals surface area contributed by atoms with Crippen molar-refractivity contribution < 1.29 is 8.42 Å². The lowest BCUT2D eigenvalue weighted by molar-refractivity contribution is 0.601. The Morgan fingerprint density at radius 1 is 1.42 bits per heavy atom. The van der Waals surface area contributed by atoms with Crippen molar-refractivity contribution in [1.82, 2.24) is 0 Å². The summed E-state index contributed by atoms with van der Waals surface area (Å²) in [5.41, 5.74) is 6.66. The molecular weight excluding hydrogens is 304 g/mol. The van der Waals surface area contributed by atoms with Gasteiger partial charge in [0.2, 0.25) is 0 Å². The number of aryl methyl sites for hydroxylation is 1. The molecule has 0 aliphatic carbocycles. The van der Waals surface area contributed by atoms with E-state index in [1.807, 2.05) is 0 Å². The normalized spacial score (nSPS) is 11.5. The van der Waals surface area contributed by atoms with Crippen molar-refractivity contribution >= 4 is 38.6 Å². The highest BCUT2D eigenvalue weighted by Gasteiger charge is 2.18. The largest absolute Gasteiger partial charge is 0.326 e. The molecule has 19 heavy (non-hydrogen) atoms. The minimum absolute atomic E-state index is 0.206. The number of sulfonamides is 1. The fraction of sp³-hybridized carbons (Fsp3) is 0.167. The average molecular weight is 317 g/mol. The number of para-hydroxylation sites is 1. The summed E-state index contributed by atoms with van der Waals surface area (Å²) < 4.78 is 27.0. The lowest BCUT2D eigenvalue weighted by Gasteiger charge is -2.11. The highest BCUT2D eigenvalue weighted by molar-refractivity contribution is 7.92. The number of halogens is 1. The molecule has 0 aliphatic rings. The minimum Gasteiger partial charge on any atom is -0.326 e. The van der Waals surface area contributed by atoms with E-state index in [2.05, 4.69) is 4.72 Å². The van der Waals surface area contributed by atoms with E-state index >= 15 is 0 Å². The highest BCUT2D eigenvalue weighted by Crippen LogP contribution is 2.29. The van der Waals surface area contributed by atoms with Gasteiger partial charge in [0.05, 0.1) is 15.6 Å². The van der Waals surface area contributed by atoms with Crippen molar-refractivity contribution in [1.29, 1.82) is 0 Å². The lowest BCUT2D eigenvalue weighted by atomic mass is 10.2. The smallest absolute Gasteiger partial charge is 0.262 e. The van der Waals surface area contributed by atoms with Crippen LogP contribution in [-0.4, -0.2) is 8.42 Å². The van der Waals surface area contributed by atoms with Crippen LogP contribution in [0.15, 0.2) is 34.5 Å². The van der Waals surface area contributed by atoms with Crippen LogP contribution in [0.4, 0.5) is 5.69 Å². The number of thiophene rings is 1. The number of hydrogen-bond acceptors (Lipinski definition) is 4. The summed E-state index contributed by atoms with van der Waals surface area (Å²) in [4.78, 5) is 1.02. The molecule has 0 saturated carbocycles. The van der Waals surface area contributed by atoms with Crippen LogP contribution in [0.25, 0.3) is 0 Å². The van der Waals surface area contributed by atoms with E-state index < -0.39 is 10.0 Å². The molecule has 0 atom stereocenters. The van der Waals surface area contributed by atoms with Crippen LogP contribution in [0.5, 0.6) is 0 Å². The molecule has 1 aromatic carbocycles. The number of rotatable bonds is 4. The standard InChI is InChI=1S/C12H13ClN2O2S2/c1-8-3-2-4-11(13)12(8)15-19(16,17)10-5-9(6-14)18-7-10/h2-5,7,15H,6,14H2,1H3. The molecule has 0 bridgehead atoms. The lowest BCUT2D eigenvalue weighted by Crippen LogP contribution is -2.13. The van der Waals surface area contributed by atoms with Gasteiger partial charge in [0, 0.05) is 16.8 Å². The SMILES string of the molecule is Cc1cccc(Cl)c1NS(=O)(=O)c1csc(CN)c1. The van der Waals surface area contributed by atoms with Gasteiger partial charge in [-0.2, -0.15) is 0 Å². The van der Waals surface area contributed by atoms with Crippen LogP contribution >= 0.6 is 22.9 Å². The Morgan fingerprint density at radius 3 is 2.74 bits per heavy atom. The summed E-state index contributed by atoms with van der Waals surface area (Å²) in [7, 11) is -3.63. The van der Waals surface area contributed by atoms with E-state index in [4.69, 9.17) is 17.3 Å². The van der Waals surface area contributed by atoms with E-state index in [9.17, 15) is 8.42 Å². The first-order chi connectivity index (χ1) is 8.94. The van der Waals surface area contributed by atoms with Gasteiger partial charge in [0.25, 0.3) is 10.0 Å². The molecule has 0 aliphatic heterocycles. The monoisotopic (exact) mass is 316 g/mol. The molecule has 7 heteroatoms. The Balaban J connectivity index is 2.36. The van der Waals surface area contributed by atoms with E-state index in [1.165, 1.54) is 11.3 Å². The Hall–Kier alpha value is -1.08. The van der Waals surface area contributed by atoms with Crippen LogP contribution in [0, 0.1) is 6.92 Å². The highest BCUT2D eigenvalue weighted by atomic mass is 35.5. The number of nitrogens with two attached hydrogens (primary N) is 1. The zero-order valence-corrected chi connectivity index (χ0v) is 12.6. The quantitative estimate of drug-likeness (QED) is 0.911. The molecule has 0 amide bonds. The Labute approximate surface area is 121 Å². The number of anilines is 1. The topological polar surface area (TPSA) is 72.2 Å². The summed E-state index contributed by atoms with van der Waals surface area (Å²) >= 11 is 7.33. The number of hydrogen-bond donors (Lipinski definition) is 2. The van der Waals surface area contributed by atoms with Crippen molar-refractivity contribution in [3.05, 3.63) is 45.1 Å². The van der Waals surface area contributed by atoms with Crippen LogP contribution in [0.1, 0.15) is 10.4 Å². The predicted octanol–water partition coefficient (Wildman–Crippen LogP) is 2.97. The second-order valence-corrected chi connectivity index (χ2v) is 7.08. The molecule has 3 N–H and O–H groups in total. The van der Waals surface area contributed by atoms with Gasteiger partial charge >= 0.3 is 0 Å². The second-order valence-electron chi connectivity index (χ2n) is 3.99. The third-order valence-corrected chi connectivity index (χ3v) is 5.35. The number of benzene rings is 1. The van der Waals surface area contributed by atoms with E-state index in [0.29, 0.717) is 17.3 Å². The zero-order chi connectivity index (χ0) is 14.0. The van der Waals surface area contributed by atoms with E-state index in [0.717, 1.165) is 10.4 Å². The third-order valence-electron chi connectivity index (χ3n) is 2.60. The predicted molar refractivity (Wildman–Crippen MR) is 79.2 cm³/mol. The molecule has 1 heterocycles. The molecule has 0 spiro atoms. The molecule has 0 saturated heterocycles. The molecule has 2 rings (SSSR count). The fourth-order valence-electron chi connectivity index (χ4n) is 1.56. The van der Waals surface area contributed by atoms with Crippen molar-refractivity contribution in [2.24, 2.45) is 5.73 Å². The van der Waals surface area contributed by atoms with Crippen molar-refractivity contribution in [2.75, 3.05) is 4.72 Å². The maximum absolute atomic E-state index is 12.2. The van der Waals surface area contributed by atoms with Crippen molar-refractivity contribution in [3.8, 4) is 0 Å². The van der Waals surface area contributed by atoms with Gasteiger partial charge in [0.1, 0.15) is 0 Å². The first-order valence-corrected chi connectivity index (χ1v) is 8.23. The average Bonchev–Trinajstić information content (AvgIpc) is 2.83. The molecule has 102 valence electrons. The summed E-state index contributed by atoms with van der Waals surface area (Å²) in [5, 5.41) is 1.94. The zero-order valence-electron chi connectivity index (χ0n) is 10.2. The molecule has 0 unspecified atom stereocenters. The fourth-order valence-corrected chi connectivity index (χ4v) is 4.20. The Bertz CT molecular complexity index is 675. The summed E-state index contributed by atoms with van der Waals surface area (Å²) in [5.74, 6) is 0. The Kier molecular flexibility index (Phi) is 4.15. The maximum atomic E-state index is 12.2. The summed E-state index contributed by atoms with van der Waals surface area (Å²) in [6, 6.07) is 6.78. The van der Waals surface area contributed by atoms with Gasteiger partial charge in [-0.05, 0) is 24.6 Å². The molecule has 0 fully saturated rings. The van der Waals surface area contributed by atoms with Crippen molar-refractivity contribution in [3.63, 3.8) is 0 Å². The third kappa shape index (κ3) is 3.09. The van der Waals surface area contributed by atoms with Gasteiger partial charge in [-0.15, -0.1) is 11.3 Å². The molecule has 4 nitrogen and oxygen atoms in total. The van der Waals surface area contributed by atoms with Gasteiger partial charge in [-0.1, -0.05) is 23.7 Å². The van der Waals surface area contributed by atoms with E-state index in [1.54, 1.807) is 36.6 Å². The molecular formula is C12H13ClN2O2S2. The first-order valence-electron chi connectivity index (χ1n) is 5.49. The minimum atomic E-state index is -3.63. The molecule has 2 aromatic rings. The molecule has 0 radical (unpaired) electrons. The molecule has 1 aromatic heterocycles. The first kappa shape index (κ1) is 14.3. The van der Waals surface area contributed by atoms with Crippen LogP contribution in [0.3, 0.4) is 0 Å². The summed E-state index contributed by atoms with van der Waals surface area (Å²) in [6.07, 6.45) is 0. The second kappa shape index (κ2) is 5.50. The van der Waals surface area contributed by atoms with Crippen LogP contribution in [0.2, 0.25) is 5.02 Å². The van der Waals surface area contributed by atoms with Crippen LogP contribution < -0.4 is 10.5 Å². The van der Waals surface area contributed by atoms with Gasteiger partial charge in [0.15, 0.2) is 0 Å². The van der Waals surface area contributed by atoms with Gasteiger partial charge in [-0.3, -0.25) is 4.72 Å².